The molecule has 1 heterocycles. The van der Waals surface area contributed by atoms with Gasteiger partial charge in [0.1, 0.15) is 6.54 Å². The Hall–Kier alpha value is -1.75. The Morgan fingerprint density at radius 1 is 1.07 bits per heavy atom. The van der Waals surface area contributed by atoms with Gasteiger partial charge in [-0.3, -0.25) is 4.79 Å². The Morgan fingerprint density at radius 2 is 1.75 bits per heavy atom. The second-order valence-electron chi connectivity index (χ2n) is 8.18. The fraction of sp³-hybridized carbons (Fsp3) is 0.636. The molecule has 0 atom stereocenters. The molecule has 5 nitrogen and oxygen atoms in total. The maximum atomic E-state index is 12.9. The lowest BCUT2D eigenvalue weighted by Crippen LogP contribution is -2.52. The molecule has 1 aromatic carbocycles. The number of halogens is 1. The number of aryl methyl sites for hydroxylation is 1. The lowest BCUT2D eigenvalue weighted by Gasteiger charge is -2.35. The van der Waals surface area contributed by atoms with Gasteiger partial charge in [0, 0.05) is 30.7 Å². The lowest BCUT2D eigenvalue weighted by molar-refractivity contribution is -0.122. The van der Waals surface area contributed by atoms with Crippen LogP contribution in [0.15, 0.2) is 18.2 Å². The van der Waals surface area contributed by atoms with E-state index in [1.54, 1.807) is 9.80 Å². The molecule has 1 saturated carbocycles. The number of nitrogens with zero attached hydrogens (tertiary/aromatic N) is 2. The second kappa shape index (κ2) is 10.1. The summed E-state index contributed by atoms with van der Waals surface area (Å²) in [5.74, 6) is -0.0332. The zero-order chi connectivity index (χ0) is 19.9. The first-order chi connectivity index (χ1) is 13.5. The molecular formula is C22H32ClN3O2. The average Bonchev–Trinajstić information content (AvgIpc) is 2.63. The van der Waals surface area contributed by atoms with Crippen molar-refractivity contribution in [3.8, 4) is 0 Å². The summed E-state index contributed by atoms with van der Waals surface area (Å²) in [6.07, 6.45) is 9.16. The van der Waals surface area contributed by atoms with Gasteiger partial charge in [-0.05, 0) is 43.4 Å². The first kappa shape index (κ1) is 21.0. The predicted octanol–water partition coefficient (Wildman–Crippen LogP) is 4.51. The lowest BCUT2D eigenvalue weighted by atomic mass is 9.97. The van der Waals surface area contributed by atoms with Crippen molar-refractivity contribution < 1.29 is 9.59 Å². The minimum absolute atomic E-state index is 0.0332. The second-order valence-corrected chi connectivity index (χ2v) is 8.59. The maximum absolute atomic E-state index is 12.9. The monoisotopic (exact) mass is 405 g/mol. The summed E-state index contributed by atoms with van der Waals surface area (Å²) in [6.45, 7) is 3.96. The van der Waals surface area contributed by atoms with Crippen LogP contribution in [-0.4, -0.2) is 47.4 Å². The summed E-state index contributed by atoms with van der Waals surface area (Å²) in [6, 6.07) is 6.10. The summed E-state index contributed by atoms with van der Waals surface area (Å²) < 4.78 is 0. The molecule has 154 valence electrons. The van der Waals surface area contributed by atoms with E-state index in [4.69, 9.17) is 11.6 Å². The highest BCUT2D eigenvalue weighted by Gasteiger charge is 2.28. The largest absolute Gasteiger partial charge is 0.352 e. The predicted molar refractivity (Wildman–Crippen MR) is 112 cm³/mol. The molecule has 1 aromatic rings. The zero-order valence-electron chi connectivity index (χ0n) is 16.9. The third-order valence-corrected chi connectivity index (χ3v) is 6.12. The van der Waals surface area contributed by atoms with Crippen LogP contribution in [0.4, 0.5) is 4.79 Å². The van der Waals surface area contributed by atoms with E-state index >= 15 is 0 Å². The van der Waals surface area contributed by atoms with Crippen molar-refractivity contribution in [2.75, 3.05) is 19.6 Å². The molecule has 0 spiro atoms. The Morgan fingerprint density at radius 3 is 2.46 bits per heavy atom. The van der Waals surface area contributed by atoms with Gasteiger partial charge >= 0.3 is 6.03 Å². The minimum Gasteiger partial charge on any atom is -0.352 e. The Bertz CT molecular complexity index is 686. The summed E-state index contributed by atoms with van der Waals surface area (Å²) in [7, 11) is 0. The van der Waals surface area contributed by atoms with Gasteiger partial charge in [-0.1, -0.05) is 55.8 Å². The minimum atomic E-state index is -0.0734. The molecule has 28 heavy (non-hydrogen) atoms. The van der Waals surface area contributed by atoms with Crippen molar-refractivity contribution in [1.29, 1.82) is 0 Å². The normalized spacial score (nSPS) is 19.3. The van der Waals surface area contributed by atoms with Gasteiger partial charge in [-0.2, -0.15) is 0 Å². The Kier molecular flexibility index (Phi) is 7.60. The van der Waals surface area contributed by atoms with E-state index in [2.05, 4.69) is 5.32 Å². The molecule has 3 rings (SSSR count). The topological polar surface area (TPSA) is 52.6 Å². The highest BCUT2D eigenvalue weighted by Crippen LogP contribution is 2.22. The molecular weight excluding hydrogens is 374 g/mol. The number of carbonyl (C=O) groups is 2. The molecule has 0 unspecified atom stereocenters. The summed E-state index contributed by atoms with van der Waals surface area (Å²) >= 11 is 6.33. The van der Waals surface area contributed by atoms with Crippen LogP contribution in [0.2, 0.25) is 5.02 Å². The van der Waals surface area contributed by atoms with Crippen LogP contribution in [0.1, 0.15) is 62.5 Å². The van der Waals surface area contributed by atoms with E-state index < -0.39 is 0 Å². The fourth-order valence-electron chi connectivity index (χ4n) is 4.17. The van der Waals surface area contributed by atoms with Crippen molar-refractivity contribution in [2.45, 2.75) is 70.9 Å². The Balaban J connectivity index is 1.53. The Labute approximate surface area is 173 Å². The molecule has 0 radical (unpaired) electrons. The van der Waals surface area contributed by atoms with Crippen LogP contribution in [0, 0.1) is 6.92 Å². The molecule has 6 heteroatoms. The number of hydrogen-bond acceptors (Lipinski definition) is 2. The molecule has 0 bridgehead atoms. The fourth-order valence-corrected chi connectivity index (χ4v) is 4.47. The number of urea groups is 1. The molecule has 2 fully saturated rings. The van der Waals surface area contributed by atoms with E-state index in [1.165, 1.54) is 32.1 Å². The molecule has 1 aliphatic heterocycles. The van der Waals surface area contributed by atoms with E-state index in [9.17, 15) is 9.59 Å². The van der Waals surface area contributed by atoms with Gasteiger partial charge in [0.25, 0.3) is 0 Å². The molecule has 3 amide bonds. The number of carbonyl (C=O) groups excluding carboxylic acids is 2. The first-order valence-corrected chi connectivity index (χ1v) is 11.0. The number of hydrogen-bond donors (Lipinski definition) is 1. The smallest absolute Gasteiger partial charge is 0.320 e. The van der Waals surface area contributed by atoms with Gasteiger partial charge in [-0.25, -0.2) is 4.79 Å². The zero-order valence-corrected chi connectivity index (χ0v) is 17.6. The number of rotatable bonds is 5. The van der Waals surface area contributed by atoms with Crippen LogP contribution in [0.5, 0.6) is 0 Å². The average molecular weight is 406 g/mol. The van der Waals surface area contributed by atoms with Gasteiger partial charge in [0.2, 0.25) is 5.91 Å². The van der Waals surface area contributed by atoms with Crippen LogP contribution in [-0.2, 0) is 11.3 Å². The summed E-state index contributed by atoms with van der Waals surface area (Å²) in [4.78, 5) is 28.9. The van der Waals surface area contributed by atoms with Crippen molar-refractivity contribution >= 4 is 23.5 Å². The quantitative estimate of drug-likeness (QED) is 0.783. The van der Waals surface area contributed by atoms with Crippen molar-refractivity contribution in [3.63, 3.8) is 0 Å². The standard InChI is InChI=1S/C22H32ClN3O2/c1-17-10-11-18(20(23)14-17)15-25-12-7-13-26(22(25)28)16-21(27)24-19-8-5-3-2-4-6-9-19/h10-11,14,19H,2-9,12-13,15-16H2,1H3,(H,24,27). The SMILES string of the molecule is Cc1ccc(CN2CCCN(CC(=O)NC3CCCCCCC3)C2=O)c(Cl)c1. The van der Waals surface area contributed by atoms with E-state index in [0.717, 1.165) is 30.4 Å². The third-order valence-electron chi connectivity index (χ3n) is 5.77. The van der Waals surface area contributed by atoms with Crippen molar-refractivity contribution in [1.82, 2.24) is 15.1 Å². The summed E-state index contributed by atoms with van der Waals surface area (Å²) in [5.41, 5.74) is 2.05. The molecule has 0 aromatic heterocycles. The van der Waals surface area contributed by atoms with Crippen LogP contribution in [0.25, 0.3) is 0 Å². The van der Waals surface area contributed by atoms with Crippen molar-refractivity contribution in [3.05, 3.63) is 34.3 Å². The third kappa shape index (κ3) is 5.87. The van der Waals surface area contributed by atoms with E-state index in [-0.39, 0.29) is 24.5 Å². The van der Waals surface area contributed by atoms with E-state index in [1.807, 2.05) is 25.1 Å². The molecule has 1 N–H and O–H groups in total. The van der Waals surface area contributed by atoms with Gasteiger partial charge in [0.05, 0.1) is 0 Å². The number of amides is 3. The molecule has 1 saturated heterocycles. The van der Waals surface area contributed by atoms with Gasteiger partial charge in [-0.15, -0.1) is 0 Å². The summed E-state index contributed by atoms with van der Waals surface area (Å²) in [5, 5.41) is 3.85. The van der Waals surface area contributed by atoms with Crippen molar-refractivity contribution in [2.24, 2.45) is 0 Å². The number of benzene rings is 1. The van der Waals surface area contributed by atoms with Gasteiger partial charge in [0.15, 0.2) is 0 Å². The number of nitrogens with one attached hydrogen (secondary N) is 1. The highest BCUT2D eigenvalue weighted by atomic mass is 35.5. The van der Waals surface area contributed by atoms with Crippen LogP contribution >= 0.6 is 11.6 Å². The molecule has 2 aliphatic rings. The molecule has 1 aliphatic carbocycles. The van der Waals surface area contributed by atoms with E-state index in [0.29, 0.717) is 24.7 Å². The first-order valence-electron chi connectivity index (χ1n) is 10.6. The van der Waals surface area contributed by atoms with Crippen LogP contribution in [0.3, 0.4) is 0 Å². The van der Waals surface area contributed by atoms with Crippen LogP contribution < -0.4 is 5.32 Å². The maximum Gasteiger partial charge on any atom is 0.320 e. The van der Waals surface area contributed by atoms with Gasteiger partial charge < -0.3 is 15.1 Å². The highest BCUT2D eigenvalue weighted by molar-refractivity contribution is 6.31.